The fraction of sp³-hybridized carbons (Fsp3) is 0.273. The van der Waals surface area contributed by atoms with Gasteiger partial charge in [0.05, 0.1) is 11.4 Å². The second-order valence-electron chi connectivity index (χ2n) is 10.3. The molecular weight excluding hydrogens is 534 g/mol. The van der Waals surface area contributed by atoms with Gasteiger partial charge in [-0.25, -0.2) is 9.78 Å². The van der Waals surface area contributed by atoms with Crippen molar-refractivity contribution in [3.8, 4) is 34.4 Å². The Morgan fingerprint density at radius 3 is 2.10 bits per heavy atom. The summed E-state index contributed by atoms with van der Waals surface area (Å²) in [6.07, 6.45) is 4.75. The van der Waals surface area contributed by atoms with Gasteiger partial charge < -0.3 is 28.6 Å². The van der Waals surface area contributed by atoms with E-state index in [9.17, 15) is 9.90 Å². The van der Waals surface area contributed by atoms with Crippen LogP contribution < -0.4 is 18.9 Å². The van der Waals surface area contributed by atoms with E-state index < -0.39 is 5.97 Å². The van der Waals surface area contributed by atoms with Crippen molar-refractivity contribution in [2.45, 2.75) is 45.9 Å². The molecule has 0 bridgehead atoms. The minimum atomic E-state index is -1.01. The standard InChI is InChI=1S/C33H33N3O6/c1-2-3-15-36-27(26(11-14-32(37)38)34-33(36)25-7-5-4-6-8-25)20-35(18-23-9-12-28-30(16-23)41-21-39-28)19-24-10-13-29-31(17-24)42-22-40-29/h4-14,16-17H,2-3,15,18-22H2,1H3,(H,37,38). The Hall–Kier alpha value is -4.76. The number of hydrogen-bond acceptors (Lipinski definition) is 7. The topological polar surface area (TPSA) is 95.3 Å². The van der Waals surface area contributed by atoms with Crippen molar-refractivity contribution in [1.29, 1.82) is 0 Å². The lowest BCUT2D eigenvalue weighted by molar-refractivity contribution is -0.131. The highest BCUT2D eigenvalue weighted by Gasteiger charge is 2.22. The second kappa shape index (κ2) is 12.4. The molecule has 9 nitrogen and oxygen atoms in total. The largest absolute Gasteiger partial charge is 0.478 e. The molecule has 3 heterocycles. The number of ether oxygens (including phenoxy) is 4. The molecule has 3 aromatic carbocycles. The number of carbonyl (C=O) groups is 1. The van der Waals surface area contributed by atoms with Crippen LogP contribution in [0.1, 0.15) is 42.3 Å². The number of hydrogen-bond donors (Lipinski definition) is 1. The van der Waals surface area contributed by atoms with Crippen LogP contribution in [0, 0.1) is 0 Å². The molecule has 6 rings (SSSR count). The van der Waals surface area contributed by atoms with Crippen molar-refractivity contribution < 1.29 is 28.8 Å². The molecule has 0 radical (unpaired) electrons. The number of aromatic nitrogens is 2. The predicted molar refractivity (Wildman–Crippen MR) is 157 cm³/mol. The van der Waals surface area contributed by atoms with Crippen LogP contribution in [0.3, 0.4) is 0 Å². The van der Waals surface area contributed by atoms with Crippen LogP contribution in [0.2, 0.25) is 0 Å². The zero-order valence-electron chi connectivity index (χ0n) is 23.5. The van der Waals surface area contributed by atoms with Gasteiger partial charge in [0.1, 0.15) is 5.82 Å². The van der Waals surface area contributed by atoms with Gasteiger partial charge in [0, 0.05) is 37.8 Å². The highest BCUT2D eigenvalue weighted by atomic mass is 16.7. The van der Waals surface area contributed by atoms with Gasteiger partial charge in [0.25, 0.3) is 0 Å². The third-order valence-electron chi connectivity index (χ3n) is 7.31. The van der Waals surface area contributed by atoms with Gasteiger partial charge in [-0.15, -0.1) is 0 Å². The summed E-state index contributed by atoms with van der Waals surface area (Å²) < 4.78 is 24.6. The average Bonchev–Trinajstić information content (AvgIpc) is 3.74. The molecule has 0 aliphatic carbocycles. The summed E-state index contributed by atoms with van der Waals surface area (Å²) in [7, 11) is 0. The van der Waals surface area contributed by atoms with Crippen LogP contribution in [0.5, 0.6) is 23.0 Å². The van der Waals surface area contributed by atoms with Gasteiger partial charge in [-0.05, 0) is 47.9 Å². The lowest BCUT2D eigenvalue weighted by Gasteiger charge is -2.24. The van der Waals surface area contributed by atoms with E-state index in [4.69, 9.17) is 23.9 Å². The van der Waals surface area contributed by atoms with Gasteiger partial charge in [-0.2, -0.15) is 0 Å². The van der Waals surface area contributed by atoms with Crippen LogP contribution >= 0.6 is 0 Å². The van der Waals surface area contributed by atoms with E-state index in [0.29, 0.717) is 25.3 Å². The number of carboxylic acid groups (broad SMARTS) is 1. The molecule has 216 valence electrons. The summed E-state index contributed by atoms with van der Waals surface area (Å²) >= 11 is 0. The van der Waals surface area contributed by atoms with Gasteiger partial charge in [-0.3, -0.25) is 4.90 Å². The number of carboxylic acids is 1. The lowest BCUT2D eigenvalue weighted by Crippen LogP contribution is -2.24. The molecule has 0 atom stereocenters. The fourth-order valence-corrected chi connectivity index (χ4v) is 5.29. The maximum atomic E-state index is 11.5. The molecule has 42 heavy (non-hydrogen) atoms. The van der Waals surface area contributed by atoms with Crippen molar-refractivity contribution in [2.75, 3.05) is 13.6 Å². The lowest BCUT2D eigenvalue weighted by atomic mass is 10.1. The Kier molecular flexibility index (Phi) is 8.09. The van der Waals surface area contributed by atoms with Crippen LogP contribution in [-0.2, 0) is 31.0 Å². The number of fused-ring (bicyclic) bond motifs is 2. The van der Waals surface area contributed by atoms with E-state index in [0.717, 1.165) is 76.7 Å². The first-order valence-corrected chi connectivity index (χ1v) is 14.1. The highest BCUT2D eigenvalue weighted by molar-refractivity contribution is 5.85. The number of imidazole rings is 1. The van der Waals surface area contributed by atoms with Crippen LogP contribution in [0.25, 0.3) is 17.5 Å². The van der Waals surface area contributed by atoms with Crippen molar-refractivity contribution >= 4 is 12.0 Å². The van der Waals surface area contributed by atoms with E-state index in [1.165, 1.54) is 0 Å². The first kappa shape index (κ1) is 27.4. The zero-order chi connectivity index (χ0) is 28.9. The van der Waals surface area contributed by atoms with E-state index in [-0.39, 0.29) is 13.6 Å². The highest BCUT2D eigenvalue weighted by Crippen LogP contribution is 2.35. The number of nitrogens with zero attached hydrogens (tertiary/aromatic N) is 3. The predicted octanol–water partition coefficient (Wildman–Crippen LogP) is 6.11. The third kappa shape index (κ3) is 6.11. The van der Waals surface area contributed by atoms with E-state index in [2.05, 4.69) is 28.5 Å². The van der Waals surface area contributed by atoms with E-state index in [1.54, 1.807) is 6.08 Å². The molecule has 0 spiro atoms. The van der Waals surface area contributed by atoms with Gasteiger partial charge in [0.2, 0.25) is 13.6 Å². The number of benzene rings is 3. The Morgan fingerprint density at radius 2 is 1.50 bits per heavy atom. The Morgan fingerprint density at radius 1 is 0.881 bits per heavy atom. The zero-order valence-corrected chi connectivity index (χ0v) is 23.5. The van der Waals surface area contributed by atoms with Crippen molar-refractivity contribution in [3.05, 3.63) is 95.3 Å². The normalized spacial score (nSPS) is 13.4. The fourth-order valence-electron chi connectivity index (χ4n) is 5.29. The molecule has 2 aliphatic rings. The average molecular weight is 568 g/mol. The van der Waals surface area contributed by atoms with Crippen LogP contribution in [0.4, 0.5) is 0 Å². The monoisotopic (exact) mass is 567 g/mol. The molecule has 1 N–H and O–H groups in total. The summed E-state index contributed by atoms with van der Waals surface area (Å²) in [5.74, 6) is 2.78. The molecule has 0 unspecified atom stereocenters. The van der Waals surface area contributed by atoms with Gasteiger partial charge in [0.15, 0.2) is 23.0 Å². The summed E-state index contributed by atoms with van der Waals surface area (Å²) in [5, 5.41) is 9.45. The SMILES string of the molecule is CCCCn1c(-c2ccccc2)nc(C=CC(=O)O)c1CN(Cc1ccc2c(c1)OCO2)Cc1ccc2c(c1)OCO2. The smallest absolute Gasteiger partial charge is 0.328 e. The minimum Gasteiger partial charge on any atom is -0.478 e. The molecule has 2 aliphatic heterocycles. The molecule has 9 heteroatoms. The molecule has 0 saturated carbocycles. The van der Waals surface area contributed by atoms with Crippen LogP contribution in [-0.4, -0.2) is 39.1 Å². The first-order valence-electron chi connectivity index (χ1n) is 14.1. The summed E-state index contributed by atoms with van der Waals surface area (Å²) in [6, 6.07) is 22.1. The van der Waals surface area contributed by atoms with E-state index in [1.807, 2.05) is 54.6 Å². The Balaban J connectivity index is 1.40. The Labute approximate surface area is 244 Å². The first-order chi connectivity index (χ1) is 20.6. The number of aliphatic carboxylic acids is 1. The molecule has 0 amide bonds. The summed E-state index contributed by atoms with van der Waals surface area (Å²) in [5.41, 5.74) is 4.74. The van der Waals surface area contributed by atoms with Gasteiger partial charge >= 0.3 is 5.97 Å². The minimum absolute atomic E-state index is 0.220. The molecular formula is C33H33N3O6. The van der Waals surface area contributed by atoms with Crippen molar-refractivity contribution in [2.24, 2.45) is 0 Å². The third-order valence-corrected chi connectivity index (χ3v) is 7.31. The van der Waals surface area contributed by atoms with Crippen molar-refractivity contribution in [3.63, 3.8) is 0 Å². The number of unbranched alkanes of at least 4 members (excludes halogenated alkanes) is 1. The maximum absolute atomic E-state index is 11.5. The van der Waals surface area contributed by atoms with Gasteiger partial charge in [-0.1, -0.05) is 55.8 Å². The molecule has 1 aromatic heterocycles. The quantitative estimate of drug-likeness (QED) is 0.205. The summed E-state index contributed by atoms with van der Waals surface area (Å²) in [4.78, 5) is 18.8. The van der Waals surface area contributed by atoms with E-state index >= 15 is 0 Å². The summed E-state index contributed by atoms with van der Waals surface area (Å²) in [6.45, 7) is 5.14. The second-order valence-corrected chi connectivity index (χ2v) is 10.3. The Bertz CT molecular complexity index is 1540. The van der Waals surface area contributed by atoms with Crippen molar-refractivity contribution in [1.82, 2.24) is 14.5 Å². The maximum Gasteiger partial charge on any atom is 0.328 e. The number of rotatable bonds is 12. The van der Waals surface area contributed by atoms with Crippen LogP contribution in [0.15, 0.2) is 72.8 Å². The molecule has 0 fully saturated rings. The molecule has 4 aromatic rings. The molecule has 0 saturated heterocycles.